The van der Waals surface area contributed by atoms with E-state index in [0.717, 1.165) is 19.3 Å². The summed E-state index contributed by atoms with van der Waals surface area (Å²) >= 11 is 0. The molecular weight excluding hydrogens is 216 g/mol. The van der Waals surface area contributed by atoms with Crippen molar-refractivity contribution < 1.29 is 21.4 Å². The zero-order valence-electron chi connectivity index (χ0n) is 7.43. The van der Waals surface area contributed by atoms with Gasteiger partial charge in [-0.15, -0.1) is 0 Å². The molecule has 5 nitrogen and oxygen atoms in total. The maximum Gasteiger partial charge on any atom is 0.373 e. The van der Waals surface area contributed by atoms with E-state index in [4.69, 9.17) is 4.55 Å². The Balaban J connectivity index is 3.50. The van der Waals surface area contributed by atoms with Crippen molar-refractivity contribution in [3.05, 3.63) is 0 Å². The first-order chi connectivity index (χ1) is 5.98. The van der Waals surface area contributed by atoms with Crippen LogP contribution in [0.2, 0.25) is 0 Å². The Morgan fingerprint density at radius 1 is 1.31 bits per heavy atom. The van der Waals surface area contributed by atoms with Crippen molar-refractivity contribution in [2.24, 2.45) is 0 Å². The monoisotopic (exact) mass is 230 g/mol. The van der Waals surface area contributed by atoms with Crippen molar-refractivity contribution in [1.82, 2.24) is 0 Å². The first-order valence-corrected chi connectivity index (χ1v) is 7.04. The molecule has 0 heterocycles. The van der Waals surface area contributed by atoms with E-state index in [1.165, 1.54) is 0 Å². The van der Waals surface area contributed by atoms with Gasteiger partial charge in [0.05, 0.1) is 6.61 Å². The van der Waals surface area contributed by atoms with Crippen molar-refractivity contribution in [2.45, 2.75) is 32.6 Å². The number of hydrogen-bond donors (Lipinski definition) is 1. The number of unbranched alkanes of at least 4 members (excludes halogenated alkanes) is 3. The third-order valence-electron chi connectivity index (χ3n) is 1.35. The summed E-state index contributed by atoms with van der Waals surface area (Å²) in [7, 11) is -7.16. The second-order valence-electron chi connectivity index (χ2n) is 2.51. The van der Waals surface area contributed by atoms with Crippen LogP contribution in [0.3, 0.4) is 0 Å². The van der Waals surface area contributed by atoms with Crippen LogP contribution in [0, 0.1) is 0 Å². The molecule has 13 heavy (non-hydrogen) atoms. The van der Waals surface area contributed by atoms with Crippen LogP contribution in [0.25, 0.3) is 0 Å². The highest BCUT2D eigenvalue weighted by Crippen LogP contribution is 2.02. The molecule has 0 rings (SSSR count). The molecule has 1 unspecified atom stereocenters. The minimum Gasteiger partial charge on any atom is -0.277 e. The highest BCUT2D eigenvalue weighted by Gasteiger charge is 2.16. The fourth-order valence-electron chi connectivity index (χ4n) is 0.717. The van der Waals surface area contributed by atoms with Gasteiger partial charge in [-0.3, -0.25) is 8.74 Å². The van der Waals surface area contributed by atoms with Gasteiger partial charge in [-0.1, -0.05) is 26.2 Å². The molecule has 0 aliphatic carbocycles. The summed E-state index contributed by atoms with van der Waals surface area (Å²) in [6.07, 6.45) is 3.64. The van der Waals surface area contributed by atoms with E-state index < -0.39 is 19.3 Å². The maximum atomic E-state index is 10.5. The Morgan fingerprint density at radius 3 is 2.38 bits per heavy atom. The van der Waals surface area contributed by atoms with E-state index in [2.05, 4.69) is 4.18 Å². The molecule has 0 saturated heterocycles. The first-order valence-electron chi connectivity index (χ1n) is 4.01. The topological polar surface area (TPSA) is 80.7 Å². The molecule has 0 spiro atoms. The number of rotatable bonds is 7. The lowest BCUT2D eigenvalue weighted by atomic mass is 10.2. The van der Waals surface area contributed by atoms with Gasteiger partial charge in [0, 0.05) is 0 Å². The predicted octanol–water partition coefficient (Wildman–Crippen LogP) is 1.05. The number of hydrogen-bond acceptors (Lipinski definition) is 4. The Hall–Kier alpha value is 0.0200. The van der Waals surface area contributed by atoms with Crippen LogP contribution in [0.1, 0.15) is 32.6 Å². The average molecular weight is 230 g/mol. The minimum absolute atomic E-state index is 0.0897. The van der Waals surface area contributed by atoms with Gasteiger partial charge in [-0.05, 0) is 6.42 Å². The maximum absolute atomic E-state index is 10.5. The zero-order chi connectivity index (χ0) is 10.3. The van der Waals surface area contributed by atoms with Gasteiger partial charge in [-0.25, -0.2) is 4.21 Å². The van der Waals surface area contributed by atoms with E-state index in [0.29, 0.717) is 6.42 Å². The fraction of sp³-hybridized carbons (Fsp3) is 1.00. The molecule has 0 amide bonds. The summed E-state index contributed by atoms with van der Waals surface area (Å²) < 4.78 is 43.5. The van der Waals surface area contributed by atoms with Crippen molar-refractivity contribution in [1.29, 1.82) is 0 Å². The van der Waals surface area contributed by atoms with Gasteiger partial charge >= 0.3 is 19.3 Å². The predicted molar refractivity (Wildman–Crippen MR) is 49.8 cm³/mol. The van der Waals surface area contributed by atoms with Gasteiger partial charge < -0.3 is 0 Å². The summed E-state index contributed by atoms with van der Waals surface area (Å²) in [5, 5.41) is 0. The highest BCUT2D eigenvalue weighted by molar-refractivity contribution is 8.59. The second-order valence-corrected chi connectivity index (χ2v) is 6.09. The summed E-state index contributed by atoms with van der Waals surface area (Å²) in [4.78, 5) is 0. The molecule has 1 atom stereocenters. The van der Waals surface area contributed by atoms with Gasteiger partial charge in [0.2, 0.25) is 0 Å². The average Bonchev–Trinajstić information content (AvgIpc) is 2.02. The van der Waals surface area contributed by atoms with Crippen LogP contribution in [0.5, 0.6) is 0 Å². The minimum atomic E-state index is -4.55. The lowest BCUT2D eigenvalue weighted by molar-refractivity contribution is 0.336. The normalized spacial score (nSPS) is 14.3. The van der Waals surface area contributed by atoms with Gasteiger partial charge in [0.1, 0.15) is 0 Å². The molecule has 1 N–H and O–H groups in total. The molecule has 0 aromatic heterocycles. The lowest BCUT2D eigenvalue weighted by Crippen LogP contribution is -2.10. The summed E-state index contributed by atoms with van der Waals surface area (Å²) in [6, 6.07) is 0. The summed E-state index contributed by atoms with van der Waals surface area (Å²) in [5.74, 6) is 0. The van der Waals surface area contributed by atoms with Crippen LogP contribution in [0.15, 0.2) is 0 Å². The van der Waals surface area contributed by atoms with Crippen LogP contribution < -0.4 is 0 Å². The molecule has 0 saturated carbocycles. The van der Waals surface area contributed by atoms with Crippen LogP contribution in [-0.2, 0) is 23.4 Å². The van der Waals surface area contributed by atoms with E-state index in [9.17, 15) is 12.6 Å². The summed E-state index contributed by atoms with van der Waals surface area (Å²) in [6.45, 7) is 2.13. The second kappa shape index (κ2) is 6.47. The molecule has 0 radical (unpaired) electrons. The molecule has 80 valence electrons. The van der Waals surface area contributed by atoms with E-state index in [1.54, 1.807) is 0 Å². The van der Waals surface area contributed by atoms with E-state index in [1.807, 2.05) is 6.92 Å². The standard InChI is InChI=1S/C6H14O5S2/c1-2-3-4-5-6-11-12(7)13(8,9)10/h2-6H2,1H3,(H,8,9,10). The highest BCUT2D eigenvalue weighted by atomic mass is 33.2. The van der Waals surface area contributed by atoms with Crippen LogP contribution >= 0.6 is 0 Å². The summed E-state index contributed by atoms with van der Waals surface area (Å²) in [5.41, 5.74) is 0. The van der Waals surface area contributed by atoms with Gasteiger partial charge in [0.25, 0.3) is 0 Å². The van der Waals surface area contributed by atoms with E-state index in [-0.39, 0.29) is 6.61 Å². The first kappa shape index (κ1) is 13.0. The third-order valence-corrected chi connectivity index (χ3v) is 3.37. The Morgan fingerprint density at radius 2 is 1.92 bits per heavy atom. The zero-order valence-corrected chi connectivity index (χ0v) is 9.07. The van der Waals surface area contributed by atoms with Crippen molar-refractivity contribution in [2.75, 3.05) is 6.61 Å². The molecule has 0 aromatic rings. The quantitative estimate of drug-likeness (QED) is 0.401. The molecule has 0 aliphatic rings. The van der Waals surface area contributed by atoms with E-state index >= 15 is 0 Å². The largest absolute Gasteiger partial charge is 0.373 e. The lowest BCUT2D eigenvalue weighted by Gasteiger charge is -1.99. The van der Waals surface area contributed by atoms with Crippen molar-refractivity contribution >= 4 is 19.3 Å². The third kappa shape index (κ3) is 7.12. The van der Waals surface area contributed by atoms with Crippen molar-refractivity contribution in [3.8, 4) is 0 Å². The van der Waals surface area contributed by atoms with Crippen LogP contribution in [0.4, 0.5) is 0 Å². The Labute approximate surface area is 80.3 Å². The fourth-order valence-corrected chi connectivity index (χ4v) is 1.66. The molecule has 0 fully saturated rings. The Bertz CT molecular complexity index is 246. The molecule has 0 bridgehead atoms. The molecule has 0 aliphatic heterocycles. The molecule has 7 heteroatoms. The SMILES string of the molecule is CCCCCCOS(=O)S(=O)(=O)O. The Kier molecular flexibility index (Phi) is 6.48. The van der Waals surface area contributed by atoms with Gasteiger partial charge in [-0.2, -0.15) is 8.42 Å². The van der Waals surface area contributed by atoms with Crippen molar-refractivity contribution in [3.63, 3.8) is 0 Å². The molecule has 0 aromatic carbocycles. The smallest absolute Gasteiger partial charge is 0.277 e. The van der Waals surface area contributed by atoms with Crippen LogP contribution in [-0.4, -0.2) is 23.8 Å². The van der Waals surface area contributed by atoms with Gasteiger partial charge in [0.15, 0.2) is 0 Å². The molecular formula is C6H14O5S2.